The number of hydrogen-bond acceptors (Lipinski definition) is 5. The number of nitriles is 1. The molecule has 0 radical (unpaired) electrons. The van der Waals surface area contributed by atoms with Crippen LogP contribution in [0.2, 0.25) is 0 Å². The average Bonchev–Trinajstić information content (AvgIpc) is 2.95. The van der Waals surface area contributed by atoms with Crippen LogP contribution in [0.25, 0.3) is 0 Å². The molecular weight excluding hydrogens is 359 g/mol. The van der Waals surface area contributed by atoms with E-state index in [0.29, 0.717) is 38.3 Å². The van der Waals surface area contributed by atoms with Gasteiger partial charge in [0.05, 0.1) is 18.3 Å². The first-order chi connectivity index (χ1) is 13.6. The molecule has 2 saturated heterocycles. The van der Waals surface area contributed by atoms with Gasteiger partial charge in [-0.05, 0) is 44.5 Å². The molecule has 28 heavy (non-hydrogen) atoms. The lowest BCUT2D eigenvalue weighted by atomic mass is 9.96. The highest BCUT2D eigenvalue weighted by Crippen LogP contribution is 2.30. The van der Waals surface area contributed by atoms with Gasteiger partial charge in [0.15, 0.2) is 0 Å². The molecule has 3 rings (SSSR count). The molecule has 1 amide bonds. The molecule has 0 spiro atoms. The Bertz CT molecular complexity index is 781. The normalized spacial score (nSPS) is 22.8. The van der Waals surface area contributed by atoms with E-state index in [1.54, 1.807) is 11.0 Å². The Labute approximate surface area is 165 Å². The van der Waals surface area contributed by atoms with Gasteiger partial charge in [0.1, 0.15) is 11.9 Å². The third kappa shape index (κ3) is 4.28. The molecule has 2 aliphatic heterocycles. The number of ether oxygens (including phenoxy) is 1. The van der Waals surface area contributed by atoms with Gasteiger partial charge in [0, 0.05) is 37.3 Å². The van der Waals surface area contributed by atoms with Crippen molar-refractivity contribution in [2.24, 2.45) is 0 Å². The van der Waals surface area contributed by atoms with Crippen LogP contribution in [0.15, 0.2) is 46.6 Å². The van der Waals surface area contributed by atoms with Crippen LogP contribution in [0, 0.1) is 11.3 Å². The number of rotatable bonds is 5. The first kappa shape index (κ1) is 20.2. The maximum absolute atomic E-state index is 14.7. The van der Waals surface area contributed by atoms with Crippen molar-refractivity contribution < 1.29 is 13.9 Å². The van der Waals surface area contributed by atoms with Crippen LogP contribution in [-0.4, -0.2) is 55.2 Å². The van der Waals surface area contributed by atoms with Gasteiger partial charge in [0.25, 0.3) is 0 Å². The summed E-state index contributed by atoms with van der Waals surface area (Å²) in [6, 6.07) is 2.29. The lowest BCUT2D eigenvalue weighted by Gasteiger charge is -2.32. The number of carbonyl (C=O) groups excluding carboxylic acids is 1. The van der Waals surface area contributed by atoms with Gasteiger partial charge in [-0.25, -0.2) is 9.18 Å². The fraction of sp³-hybridized carbons (Fsp3) is 0.524. The van der Waals surface area contributed by atoms with E-state index in [1.165, 1.54) is 11.6 Å². The van der Waals surface area contributed by atoms with E-state index in [-0.39, 0.29) is 18.0 Å². The highest BCUT2D eigenvalue weighted by atomic mass is 19.1. The first-order valence-corrected chi connectivity index (χ1v) is 9.83. The van der Waals surface area contributed by atoms with Crippen LogP contribution < -0.4 is 5.32 Å². The third-order valence-corrected chi connectivity index (χ3v) is 5.44. The van der Waals surface area contributed by atoms with Gasteiger partial charge >= 0.3 is 6.09 Å². The molecule has 0 saturated carbocycles. The van der Waals surface area contributed by atoms with E-state index in [0.717, 1.165) is 30.5 Å². The molecule has 3 aliphatic rings. The lowest BCUT2D eigenvalue weighted by molar-refractivity contribution is 0.134. The zero-order valence-corrected chi connectivity index (χ0v) is 16.5. The van der Waals surface area contributed by atoms with E-state index in [9.17, 15) is 14.4 Å². The van der Waals surface area contributed by atoms with Crippen molar-refractivity contribution in [1.29, 1.82) is 5.26 Å². The molecule has 1 N–H and O–H groups in total. The van der Waals surface area contributed by atoms with Crippen molar-refractivity contribution in [2.75, 3.05) is 33.2 Å². The number of hydrogen-bond donors (Lipinski definition) is 1. The Morgan fingerprint density at radius 3 is 2.79 bits per heavy atom. The molecule has 150 valence electrons. The molecule has 0 aromatic rings. The maximum Gasteiger partial charge on any atom is 0.414 e. The highest BCUT2D eigenvalue weighted by molar-refractivity contribution is 5.72. The summed E-state index contributed by atoms with van der Waals surface area (Å²) < 4.78 is 20.1. The smallest absolute Gasteiger partial charge is 0.414 e. The molecule has 0 bridgehead atoms. The number of allylic oxidation sites excluding steroid dienone is 5. The second kappa shape index (κ2) is 9.07. The van der Waals surface area contributed by atoms with E-state index in [2.05, 4.69) is 11.4 Å². The third-order valence-electron chi connectivity index (χ3n) is 5.44. The summed E-state index contributed by atoms with van der Waals surface area (Å²) in [5, 5.41) is 12.2. The van der Waals surface area contributed by atoms with Gasteiger partial charge < -0.3 is 15.0 Å². The Hall–Kier alpha value is -2.59. The van der Waals surface area contributed by atoms with Crippen molar-refractivity contribution in [1.82, 2.24) is 15.1 Å². The van der Waals surface area contributed by atoms with Gasteiger partial charge in [-0.1, -0.05) is 12.5 Å². The van der Waals surface area contributed by atoms with Gasteiger partial charge in [0.2, 0.25) is 0 Å². The van der Waals surface area contributed by atoms with Gasteiger partial charge in [-0.2, -0.15) is 5.26 Å². The number of halogens is 1. The number of cyclic esters (lactones) is 1. The number of carbonyl (C=O) groups is 1. The molecule has 2 heterocycles. The second-order valence-corrected chi connectivity index (χ2v) is 7.17. The number of amides is 1. The fourth-order valence-electron chi connectivity index (χ4n) is 3.90. The monoisotopic (exact) mass is 386 g/mol. The summed E-state index contributed by atoms with van der Waals surface area (Å²) in [7, 11) is 1.81. The summed E-state index contributed by atoms with van der Waals surface area (Å²) in [6.45, 7) is 4.42. The van der Waals surface area contributed by atoms with Gasteiger partial charge in [-0.3, -0.25) is 4.90 Å². The molecule has 6 nitrogen and oxygen atoms in total. The maximum atomic E-state index is 14.7. The minimum absolute atomic E-state index is 0.195. The Morgan fingerprint density at radius 1 is 1.39 bits per heavy atom. The molecule has 0 aromatic heterocycles. The highest BCUT2D eigenvalue weighted by Gasteiger charge is 2.33. The zero-order valence-electron chi connectivity index (χ0n) is 16.5. The van der Waals surface area contributed by atoms with Crippen LogP contribution >= 0.6 is 0 Å². The molecule has 1 atom stereocenters. The largest absolute Gasteiger partial charge is 0.443 e. The van der Waals surface area contributed by atoms with E-state index >= 15 is 0 Å². The predicted octanol–water partition coefficient (Wildman–Crippen LogP) is 3.38. The van der Waals surface area contributed by atoms with Gasteiger partial charge in [-0.15, -0.1) is 0 Å². The topological polar surface area (TPSA) is 68.6 Å². The Kier molecular flexibility index (Phi) is 6.53. The minimum Gasteiger partial charge on any atom is -0.443 e. The quantitative estimate of drug-likeness (QED) is 0.734. The Balaban J connectivity index is 1.72. The van der Waals surface area contributed by atoms with E-state index in [4.69, 9.17) is 4.74 Å². The van der Waals surface area contributed by atoms with Crippen molar-refractivity contribution in [3.05, 3.63) is 46.6 Å². The predicted molar refractivity (Wildman–Crippen MR) is 105 cm³/mol. The summed E-state index contributed by atoms with van der Waals surface area (Å²) >= 11 is 0. The molecule has 2 fully saturated rings. The standard InChI is InChI=1S/C21H27FN4O2/c1-3-15(12-23)16-8-10-25(11-9-16)20-7-5-17(4-6-19(20)22)26-14-18(13-24-2)28-21(26)27/h5-7,18,24H,3-4,8-11,13-14H2,1-2H3. The number of likely N-dealkylation sites (N-methyl/N-ethyl adjacent to an activating group) is 1. The molecule has 1 unspecified atom stereocenters. The van der Waals surface area contributed by atoms with E-state index < -0.39 is 0 Å². The lowest BCUT2D eigenvalue weighted by Crippen LogP contribution is -2.30. The SMILES string of the molecule is CCC(C#N)=C1CCN(C2=CC=C(N3CC(CNC)OC3=O)CC=C2F)CC1. The molecule has 7 heteroatoms. The first-order valence-electron chi connectivity index (χ1n) is 9.83. The number of likely N-dealkylation sites (tertiary alicyclic amines) is 1. The Morgan fingerprint density at radius 2 is 2.14 bits per heavy atom. The summed E-state index contributed by atoms with van der Waals surface area (Å²) in [5.41, 5.74) is 3.33. The number of nitrogens with one attached hydrogen (secondary N) is 1. The number of nitrogens with zero attached hydrogens (tertiary/aromatic N) is 3. The summed E-state index contributed by atoms with van der Waals surface area (Å²) in [5.74, 6) is -0.269. The van der Waals surface area contributed by atoms with E-state index in [1.807, 2.05) is 24.9 Å². The van der Waals surface area contributed by atoms with Crippen LogP contribution in [0.3, 0.4) is 0 Å². The van der Waals surface area contributed by atoms with Crippen molar-refractivity contribution in [2.45, 2.75) is 38.7 Å². The van der Waals surface area contributed by atoms with Crippen molar-refractivity contribution in [3.63, 3.8) is 0 Å². The van der Waals surface area contributed by atoms with Crippen molar-refractivity contribution in [3.8, 4) is 6.07 Å². The summed E-state index contributed by atoms with van der Waals surface area (Å²) in [4.78, 5) is 15.8. The number of piperidine rings is 1. The summed E-state index contributed by atoms with van der Waals surface area (Å²) in [6.07, 6.45) is 7.18. The molecule has 1 aliphatic carbocycles. The van der Waals surface area contributed by atoms with Crippen LogP contribution in [0.1, 0.15) is 32.6 Å². The molecular formula is C21H27FN4O2. The van der Waals surface area contributed by atoms with Crippen LogP contribution in [0.4, 0.5) is 9.18 Å². The molecule has 0 aromatic carbocycles. The minimum atomic E-state index is -0.381. The van der Waals surface area contributed by atoms with Crippen molar-refractivity contribution >= 4 is 6.09 Å². The zero-order chi connectivity index (χ0) is 20.1. The van der Waals surface area contributed by atoms with Crippen LogP contribution in [0.5, 0.6) is 0 Å². The fourth-order valence-corrected chi connectivity index (χ4v) is 3.90. The van der Waals surface area contributed by atoms with Crippen LogP contribution in [-0.2, 0) is 4.74 Å². The average molecular weight is 386 g/mol. The second-order valence-electron chi connectivity index (χ2n) is 7.17.